The number of ether oxygens (including phenoxy) is 2. The summed E-state index contributed by atoms with van der Waals surface area (Å²) < 4.78 is 10.5. The quantitative estimate of drug-likeness (QED) is 0.337. The molecule has 0 aliphatic carbocycles. The number of carbonyl (C=O) groups is 3. The predicted octanol–water partition coefficient (Wildman–Crippen LogP) is 4.02. The average molecular weight is 553 g/mol. The molecule has 1 fully saturated rings. The Kier molecular flexibility index (Phi) is 7.54. The average Bonchev–Trinajstić information content (AvgIpc) is 3.56. The largest absolute Gasteiger partial charge is 0.462 e. The van der Waals surface area contributed by atoms with Crippen LogP contribution >= 0.6 is 0 Å². The second kappa shape index (κ2) is 11.6. The number of rotatable bonds is 7. The summed E-state index contributed by atoms with van der Waals surface area (Å²) in [6, 6.07) is 20.8. The van der Waals surface area contributed by atoms with Gasteiger partial charge < -0.3 is 25.0 Å². The zero-order chi connectivity index (χ0) is 28.3. The molecule has 1 saturated heterocycles. The molecular formula is C32H32N4O5. The number of nitrogens with zero attached hydrogens (tertiary/aromatic N) is 2. The lowest BCUT2D eigenvalue weighted by atomic mass is 9.99. The van der Waals surface area contributed by atoms with Gasteiger partial charge in [-0.05, 0) is 54.8 Å². The number of esters is 1. The molecule has 0 atom stereocenters. The van der Waals surface area contributed by atoms with Gasteiger partial charge in [0.15, 0.2) is 0 Å². The summed E-state index contributed by atoms with van der Waals surface area (Å²) in [4.78, 5) is 42.7. The molecule has 9 heteroatoms. The Labute approximate surface area is 238 Å². The molecule has 3 heterocycles. The van der Waals surface area contributed by atoms with Crippen molar-refractivity contribution in [2.75, 3.05) is 61.5 Å². The number of anilines is 3. The third kappa shape index (κ3) is 5.46. The summed E-state index contributed by atoms with van der Waals surface area (Å²) in [7, 11) is 0. The Morgan fingerprint density at radius 2 is 1.78 bits per heavy atom. The molecule has 41 heavy (non-hydrogen) atoms. The second-order valence-corrected chi connectivity index (χ2v) is 10.2. The highest BCUT2D eigenvalue weighted by Gasteiger charge is 2.30. The maximum Gasteiger partial charge on any atom is 0.338 e. The summed E-state index contributed by atoms with van der Waals surface area (Å²) in [6.07, 6.45) is 0.761. The molecule has 0 aromatic heterocycles. The van der Waals surface area contributed by atoms with Crippen molar-refractivity contribution in [2.45, 2.75) is 13.3 Å². The molecule has 2 amide bonds. The van der Waals surface area contributed by atoms with Gasteiger partial charge in [-0.2, -0.15) is 0 Å². The van der Waals surface area contributed by atoms with Crippen LogP contribution in [0.15, 0.2) is 66.7 Å². The second-order valence-electron chi connectivity index (χ2n) is 10.2. The molecule has 6 rings (SSSR count). The lowest BCUT2D eigenvalue weighted by Crippen LogP contribution is -2.44. The molecule has 0 spiro atoms. The van der Waals surface area contributed by atoms with E-state index in [1.807, 2.05) is 47.4 Å². The van der Waals surface area contributed by atoms with Crippen LogP contribution in [0.4, 0.5) is 17.1 Å². The van der Waals surface area contributed by atoms with Gasteiger partial charge in [-0.25, -0.2) is 4.79 Å². The first-order chi connectivity index (χ1) is 20.0. The summed E-state index contributed by atoms with van der Waals surface area (Å²) in [5, 5.41) is 6.42. The first kappa shape index (κ1) is 26.7. The van der Waals surface area contributed by atoms with Crippen LogP contribution < -0.4 is 15.5 Å². The van der Waals surface area contributed by atoms with Gasteiger partial charge in [0, 0.05) is 36.6 Å². The molecule has 3 aromatic carbocycles. The minimum Gasteiger partial charge on any atom is -0.462 e. The van der Waals surface area contributed by atoms with E-state index in [9.17, 15) is 14.4 Å². The molecule has 0 radical (unpaired) electrons. The van der Waals surface area contributed by atoms with Gasteiger partial charge in [0.25, 0.3) is 5.91 Å². The van der Waals surface area contributed by atoms with E-state index in [1.54, 1.807) is 25.1 Å². The normalized spacial score (nSPS) is 17.5. The summed E-state index contributed by atoms with van der Waals surface area (Å²) >= 11 is 0. The Morgan fingerprint density at radius 1 is 0.976 bits per heavy atom. The van der Waals surface area contributed by atoms with Crippen molar-refractivity contribution in [1.82, 2.24) is 4.90 Å². The van der Waals surface area contributed by atoms with Crippen LogP contribution in [0, 0.1) is 0 Å². The number of carbonyl (C=O) groups excluding carboxylic acids is 3. The van der Waals surface area contributed by atoms with Crippen LogP contribution in [-0.2, 0) is 25.5 Å². The fraction of sp³-hybridized carbons (Fsp3) is 0.281. The summed E-state index contributed by atoms with van der Waals surface area (Å²) in [5.74, 6) is -0.590. The molecule has 0 unspecified atom stereocenters. The molecule has 3 aliphatic heterocycles. The topological polar surface area (TPSA) is 100 Å². The number of benzene rings is 3. The van der Waals surface area contributed by atoms with E-state index in [4.69, 9.17) is 9.47 Å². The molecule has 0 saturated carbocycles. The first-order valence-corrected chi connectivity index (χ1v) is 13.9. The van der Waals surface area contributed by atoms with E-state index in [0.29, 0.717) is 54.4 Å². The number of hydrogen-bond donors (Lipinski definition) is 2. The zero-order valence-electron chi connectivity index (χ0n) is 22.9. The maximum atomic E-state index is 13.3. The number of hydrogen-bond acceptors (Lipinski definition) is 7. The zero-order valence-corrected chi connectivity index (χ0v) is 22.9. The van der Waals surface area contributed by atoms with Crippen molar-refractivity contribution >= 4 is 46.1 Å². The van der Waals surface area contributed by atoms with E-state index < -0.39 is 5.97 Å². The molecule has 2 N–H and O–H groups in total. The summed E-state index contributed by atoms with van der Waals surface area (Å²) in [5.41, 5.74) is 6.48. The van der Waals surface area contributed by atoms with Crippen LogP contribution in [0.5, 0.6) is 0 Å². The van der Waals surface area contributed by atoms with Crippen molar-refractivity contribution < 1.29 is 23.9 Å². The first-order valence-electron chi connectivity index (χ1n) is 13.9. The highest BCUT2D eigenvalue weighted by Crippen LogP contribution is 2.39. The minimum atomic E-state index is -0.431. The minimum absolute atomic E-state index is 0.0971. The van der Waals surface area contributed by atoms with Gasteiger partial charge >= 0.3 is 5.97 Å². The Morgan fingerprint density at radius 3 is 2.56 bits per heavy atom. The van der Waals surface area contributed by atoms with Gasteiger partial charge in [-0.1, -0.05) is 36.4 Å². The van der Waals surface area contributed by atoms with E-state index in [2.05, 4.69) is 21.6 Å². The SMILES string of the molecule is CCOC(=O)c1ccc2c(c1)NC(=O)/C2=C(\Nc1ccc2c(c1)CCN2C(=O)CN1CCOCC1)c1ccccc1. The van der Waals surface area contributed by atoms with E-state index in [-0.39, 0.29) is 18.4 Å². The molecule has 9 nitrogen and oxygen atoms in total. The smallest absolute Gasteiger partial charge is 0.338 e. The predicted molar refractivity (Wildman–Crippen MR) is 158 cm³/mol. The highest BCUT2D eigenvalue weighted by molar-refractivity contribution is 6.37. The van der Waals surface area contributed by atoms with Gasteiger partial charge in [-0.15, -0.1) is 0 Å². The van der Waals surface area contributed by atoms with E-state index in [1.165, 1.54) is 0 Å². The monoisotopic (exact) mass is 552 g/mol. The third-order valence-electron chi connectivity index (χ3n) is 7.60. The molecule has 3 aliphatic rings. The third-order valence-corrected chi connectivity index (χ3v) is 7.60. The van der Waals surface area contributed by atoms with Gasteiger partial charge in [0.1, 0.15) is 0 Å². The van der Waals surface area contributed by atoms with Crippen LogP contribution in [0.1, 0.15) is 34.0 Å². The Hall–Kier alpha value is -4.47. The highest BCUT2D eigenvalue weighted by atomic mass is 16.5. The standard InChI is InChI=1S/C32H32N4O5/c1-2-41-32(39)23-8-10-25-26(19-23)34-31(38)29(25)30(21-6-4-3-5-7-21)33-24-9-11-27-22(18-24)12-13-36(27)28(37)20-35-14-16-40-17-15-35/h3-11,18-19,33H,2,12-17,20H2,1H3,(H,34,38)/b30-29-. The van der Waals surface area contributed by atoms with Crippen molar-refractivity contribution in [3.8, 4) is 0 Å². The van der Waals surface area contributed by atoms with Crippen molar-refractivity contribution in [3.05, 3.63) is 89.0 Å². The van der Waals surface area contributed by atoms with Gasteiger partial charge in [0.2, 0.25) is 5.91 Å². The maximum absolute atomic E-state index is 13.3. The van der Waals surface area contributed by atoms with Gasteiger partial charge in [0.05, 0.1) is 48.9 Å². The van der Waals surface area contributed by atoms with Crippen LogP contribution in [0.3, 0.4) is 0 Å². The van der Waals surface area contributed by atoms with Crippen molar-refractivity contribution in [1.29, 1.82) is 0 Å². The number of fused-ring (bicyclic) bond motifs is 2. The lowest BCUT2D eigenvalue weighted by Gasteiger charge is -2.28. The van der Waals surface area contributed by atoms with Crippen molar-refractivity contribution in [2.24, 2.45) is 0 Å². The van der Waals surface area contributed by atoms with Gasteiger partial charge in [-0.3, -0.25) is 14.5 Å². The fourth-order valence-electron chi connectivity index (χ4n) is 5.57. The molecule has 210 valence electrons. The van der Waals surface area contributed by atoms with Crippen LogP contribution in [0.2, 0.25) is 0 Å². The lowest BCUT2D eigenvalue weighted by molar-refractivity contribution is -0.120. The van der Waals surface area contributed by atoms with Crippen LogP contribution in [-0.4, -0.2) is 68.7 Å². The summed E-state index contributed by atoms with van der Waals surface area (Å²) in [6.45, 7) is 5.93. The Balaban J connectivity index is 1.30. The van der Waals surface area contributed by atoms with Crippen LogP contribution in [0.25, 0.3) is 11.3 Å². The molecule has 0 bridgehead atoms. The van der Waals surface area contributed by atoms with E-state index >= 15 is 0 Å². The number of morpholine rings is 1. The number of nitrogens with one attached hydrogen (secondary N) is 2. The molecular weight excluding hydrogens is 520 g/mol. The van der Waals surface area contributed by atoms with E-state index in [0.717, 1.165) is 42.0 Å². The molecule has 3 aromatic rings. The Bertz CT molecular complexity index is 1530. The fourth-order valence-corrected chi connectivity index (χ4v) is 5.57. The number of amides is 2. The van der Waals surface area contributed by atoms with Crippen molar-refractivity contribution in [3.63, 3.8) is 0 Å².